The van der Waals surface area contributed by atoms with Crippen LogP contribution in [0.2, 0.25) is 0 Å². The Kier molecular flexibility index (Phi) is 3.02. The summed E-state index contributed by atoms with van der Waals surface area (Å²) >= 11 is 0. The average Bonchev–Trinajstić information content (AvgIpc) is 2.17. The number of hydrogen-bond acceptors (Lipinski definition) is 4. The predicted molar refractivity (Wildman–Crippen MR) is 50.0 cm³/mol. The molecule has 0 radical (unpaired) electrons. The third kappa shape index (κ3) is 1.98. The first kappa shape index (κ1) is 9.99. The summed E-state index contributed by atoms with van der Waals surface area (Å²) in [4.78, 5) is 13.9. The van der Waals surface area contributed by atoms with Gasteiger partial charge in [-0.2, -0.15) is 4.98 Å². The second kappa shape index (κ2) is 4.23. The first-order valence-electron chi connectivity index (χ1n) is 3.81. The van der Waals surface area contributed by atoms with E-state index in [4.69, 9.17) is 4.74 Å². The largest absolute Gasteiger partial charge is 0.481 e. The zero-order chi connectivity index (χ0) is 10.6. The molecule has 0 aliphatic rings. The second-order valence-corrected chi connectivity index (χ2v) is 2.35. The maximum atomic E-state index is 10.6. The van der Waals surface area contributed by atoms with Crippen molar-refractivity contribution in [2.75, 3.05) is 7.11 Å². The number of aromatic nitrogens is 1. The van der Waals surface area contributed by atoms with Gasteiger partial charge < -0.3 is 4.74 Å². The Morgan fingerprint density at radius 1 is 1.57 bits per heavy atom. The molecular formula is C9H8N2O3. The van der Waals surface area contributed by atoms with Crippen LogP contribution in [0.15, 0.2) is 12.1 Å². The van der Waals surface area contributed by atoms with Gasteiger partial charge in [0.05, 0.1) is 12.0 Å². The topological polar surface area (TPSA) is 65.3 Å². The molecule has 1 heterocycles. The minimum absolute atomic E-state index is 0.111. The van der Waals surface area contributed by atoms with E-state index in [0.29, 0.717) is 5.88 Å². The quantitative estimate of drug-likeness (QED) is 0.403. The smallest absolute Gasteiger partial charge is 0.303 e. The molecule has 0 bridgehead atoms. The summed E-state index contributed by atoms with van der Waals surface area (Å²) in [5.41, 5.74) is 0.0111. The van der Waals surface area contributed by atoms with E-state index in [9.17, 15) is 10.1 Å². The maximum Gasteiger partial charge on any atom is 0.303 e. The fourth-order valence-electron chi connectivity index (χ4n) is 0.905. The van der Waals surface area contributed by atoms with Crippen LogP contribution in [-0.2, 0) is 0 Å². The Morgan fingerprint density at radius 3 is 2.79 bits per heavy atom. The highest BCUT2D eigenvalue weighted by Gasteiger charge is 2.13. The molecule has 0 amide bonds. The van der Waals surface area contributed by atoms with Crippen molar-refractivity contribution in [2.24, 2.45) is 0 Å². The first-order valence-corrected chi connectivity index (χ1v) is 3.81. The van der Waals surface area contributed by atoms with Gasteiger partial charge in [-0.15, -0.1) is 0 Å². The van der Waals surface area contributed by atoms with E-state index in [-0.39, 0.29) is 11.4 Å². The lowest BCUT2D eigenvalue weighted by Crippen LogP contribution is -1.97. The Bertz CT molecular complexity index is 418. The van der Waals surface area contributed by atoms with Crippen molar-refractivity contribution in [2.45, 2.75) is 6.92 Å². The lowest BCUT2D eigenvalue weighted by Gasteiger charge is -1.99. The van der Waals surface area contributed by atoms with E-state index in [0.717, 1.165) is 0 Å². The van der Waals surface area contributed by atoms with Crippen LogP contribution >= 0.6 is 0 Å². The number of hydrogen-bond donors (Lipinski definition) is 0. The lowest BCUT2D eigenvalue weighted by atomic mass is 10.3. The molecule has 1 aromatic heterocycles. The Labute approximate surface area is 80.9 Å². The van der Waals surface area contributed by atoms with Crippen LogP contribution in [0.3, 0.4) is 0 Å². The molecule has 0 N–H and O–H groups in total. The predicted octanol–water partition coefficient (Wildman–Crippen LogP) is 1.37. The van der Waals surface area contributed by atoms with Crippen LogP contribution in [0.5, 0.6) is 5.88 Å². The number of rotatable bonds is 2. The third-order valence-corrected chi connectivity index (χ3v) is 1.50. The zero-order valence-corrected chi connectivity index (χ0v) is 7.77. The van der Waals surface area contributed by atoms with Crippen LogP contribution in [0.25, 0.3) is 0 Å². The van der Waals surface area contributed by atoms with Crippen LogP contribution in [0.4, 0.5) is 5.69 Å². The number of pyridine rings is 1. The fourth-order valence-corrected chi connectivity index (χ4v) is 0.905. The molecule has 5 heteroatoms. The van der Waals surface area contributed by atoms with E-state index in [2.05, 4.69) is 16.8 Å². The standard InChI is InChI=1S/C9H8N2O3/c1-3-4-7-8(11(12)13)5-6-9(10-7)14-2/h5-6H,1-2H3. The number of methoxy groups -OCH3 is 1. The van der Waals surface area contributed by atoms with Crippen molar-refractivity contribution >= 4 is 5.69 Å². The molecule has 14 heavy (non-hydrogen) atoms. The van der Waals surface area contributed by atoms with Crippen molar-refractivity contribution < 1.29 is 9.66 Å². The number of nitro groups is 1. The third-order valence-electron chi connectivity index (χ3n) is 1.50. The van der Waals surface area contributed by atoms with Crippen LogP contribution in [0, 0.1) is 22.0 Å². The summed E-state index contributed by atoms with van der Waals surface area (Å²) in [6.07, 6.45) is 0. The molecule has 0 aliphatic carbocycles. The van der Waals surface area contributed by atoms with Crippen LogP contribution < -0.4 is 4.74 Å². The molecule has 0 saturated heterocycles. The normalized spacial score (nSPS) is 8.71. The summed E-state index contributed by atoms with van der Waals surface area (Å²) in [6.45, 7) is 1.59. The van der Waals surface area contributed by atoms with Gasteiger partial charge in [-0.05, 0) is 12.8 Å². The molecule has 0 aliphatic heterocycles. The molecule has 0 fully saturated rings. The van der Waals surface area contributed by atoms with Gasteiger partial charge in [0, 0.05) is 12.1 Å². The average molecular weight is 192 g/mol. The second-order valence-electron chi connectivity index (χ2n) is 2.35. The van der Waals surface area contributed by atoms with E-state index in [1.54, 1.807) is 6.92 Å². The molecule has 5 nitrogen and oxygen atoms in total. The van der Waals surface area contributed by atoms with E-state index in [1.807, 2.05) is 0 Å². The summed E-state index contributed by atoms with van der Waals surface area (Å²) in [5, 5.41) is 10.6. The molecule has 1 rings (SSSR count). The van der Waals surface area contributed by atoms with E-state index >= 15 is 0 Å². The maximum absolute atomic E-state index is 10.6. The molecule has 72 valence electrons. The minimum atomic E-state index is -0.522. The zero-order valence-electron chi connectivity index (χ0n) is 7.77. The Hall–Kier alpha value is -2.09. The SMILES string of the molecule is CC#Cc1nc(OC)ccc1[N+](=O)[O-]. The fraction of sp³-hybridized carbons (Fsp3) is 0.222. The highest BCUT2D eigenvalue weighted by atomic mass is 16.6. The van der Waals surface area contributed by atoms with Gasteiger partial charge in [-0.3, -0.25) is 10.1 Å². The summed E-state index contributed by atoms with van der Waals surface area (Å²) in [6, 6.07) is 2.75. The van der Waals surface area contributed by atoms with Gasteiger partial charge in [-0.25, -0.2) is 0 Å². The van der Waals surface area contributed by atoms with Gasteiger partial charge in [-0.1, -0.05) is 5.92 Å². The van der Waals surface area contributed by atoms with Crippen molar-refractivity contribution in [3.05, 3.63) is 27.9 Å². The van der Waals surface area contributed by atoms with Gasteiger partial charge in [0.1, 0.15) is 0 Å². The molecule has 1 aromatic rings. The molecular weight excluding hydrogens is 184 g/mol. The van der Waals surface area contributed by atoms with Crippen LogP contribution in [0.1, 0.15) is 12.6 Å². The molecule has 0 saturated carbocycles. The van der Waals surface area contributed by atoms with Gasteiger partial charge in [0.25, 0.3) is 0 Å². The Morgan fingerprint density at radius 2 is 2.29 bits per heavy atom. The van der Waals surface area contributed by atoms with E-state index < -0.39 is 4.92 Å². The molecule has 0 unspecified atom stereocenters. The summed E-state index contributed by atoms with van der Waals surface area (Å²) in [7, 11) is 1.44. The van der Waals surface area contributed by atoms with Gasteiger partial charge in [0.2, 0.25) is 5.88 Å². The van der Waals surface area contributed by atoms with Crippen molar-refractivity contribution in [1.82, 2.24) is 4.98 Å². The Balaban J connectivity index is 3.28. The first-order chi connectivity index (χ1) is 6.69. The highest BCUT2D eigenvalue weighted by molar-refractivity contribution is 5.47. The minimum Gasteiger partial charge on any atom is -0.481 e. The van der Waals surface area contributed by atoms with Crippen LogP contribution in [-0.4, -0.2) is 17.0 Å². The van der Waals surface area contributed by atoms with Gasteiger partial charge >= 0.3 is 5.69 Å². The number of ether oxygens (including phenoxy) is 1. The molecule has 0 spiro atoms. The summed E-state index contributed by atoms with van der Waals surface area (Å²) in [5.74, 6) is 5.42. The van der Waals surface area contributed by atoms with Crippen molar-refractivity contribution in [1.29, 1.82) is 0 Å². The monoisotopic (exact) mass is 192 g/mol. The molecule has 0 atom stereocenters. The van der Waals surface area contributed by atoms with Crippen molar-refractivity contribution in [3.63, 3.8) is 0 Å². The van der Waals surface area contributed by atoms with Crippen molar-refractivity contribution in [3.8, 4) is 17.7 Å². The lowest BCUT2D eigenvalue weighted by molar-refractivity contribution is -0.385. The molecule has 0 aromatic carbocycles. The number of nitrogens with zero attached hydrogens (tertiary/aromatic N) is 2. The summed E-state index contributed by atoms with van der Waals surface area (Å²) < 4.78 is 4.83. The van der Waals surface area contributed by atoms with Gasteiger partial charge in [0.15, 0.2) is 5.69 Å². The highest BCUT2D eigenvalue weighted by Crippen LogP contribution is 2.18. The van der Waals surface area contributed by atoms with E-state index in [1.165, 1.54) is 19.2 Å².